The molecule has 0 aromatic carbocycles. The summed E-state index contributed by atoms with van der Waals surface area (Å²) >= 11 is 0. The van der Waals surface area contributed by atoms with E-state index in [1.165, 1.54) is 7.11 Å². The van der Waals surface area contributed by atoms with E-state index in [-0.39, 0.29) is 6.61 Å². The van der Waals surface area contributed by atoms with Crippen molar-refractivity contribution in [2.24, 2.45) is 0 Å². The first-order valence-electron chi connectivity index (χ1n) is 6.03. The molecule has 106 valence electrons. The van der Waals surface area contributed by atoms with E-state index in [2.05, 4.69) is 10.3 Å². The second-order valence-corrected chi connectivity index (χ2v) is 4.37. The lowest BCUT2D eigenvalue weighted by molar-refractivity contribution is -0.137. The minimum atomic E-state index is -4.38. The summed E-state index contributed by atoms with van der Waals surface area (Å²) in [5, 5.41) is 3.19. The van der Waals surface area contributed by atoms with E-state index in [1.807, 2.05) is 4.90 Å². The summed E-state index contributed by atoms with van der Waals surface area (Å²) in [6.07, 6.45) is -3.49. The number of alkyl halides is 3. The van der Waals surface area contributed by atoms with Crippen molar-refractivity contribution in [2.45, 2.75) is 12.8 Å². The molecule has 1 aromatic heterocycles. The summed E-state index contributed by atoms with van der Waals surface area (Å²) in [5.41, 5.74) is -0.266. The van der Waals surface area contributed by atoms with Crippen LogP contribution in [0.15, 0.2) is 12.3 Å². The third kappa shape index (κ3) is 3.36. The first-order chi connectivity index (χ1) is 9.02. The van der Waals surface area contributed by atoms with Crippen LogP contribution < -0.4 is 10.2 Å². The van der Waals surface area contributed by atoms with Crippen molar-refractivity contribution in [2.75, 3.05) is 38.2 Å². The highest BCUT2D eigenvalue weighted by atomic mass is 19.4. The molecule has 0 spiro atoms. The Labute approximate surface area is 109 Å². The van der Waals surface area contributed by atoms with Gasteiger partial charge >= 0.3 is 6.18 Å². The minimum absolute atomic E-state index is 0.121. The lowest BCUT2D eigenvalue weighted by Gasteiger charge is -2.30. The zero-order valence-electron chi connectivity index (χ0n) is 10.6. The van der Waals surface area contributed by atoms with Crippen molar-refractivity contribution >= 4 is 5.82 Å². The van der Waals surface area contributed by atoms with Crippen LogP contribution in [0.2, 0.25) is 0 Å². The number of anilines is 1. The number of halogens is 3. The third-order valence-corrected chi connectivity index (χ3v) is 2.99. The highest BCUT2D eigenvalue weighted by Gasteiger charge is 2.32. The maximum atomic E-state index is 12.7. The molecular weight excluding hydrogens is 259 g/mol. The summed E-state index contributed by atoms with van der Waals surface area (Å²) in [5.74, 6) is 0.580. The average Bonchev–Trinajstić information content (AvgIpc) is 2.39. The number of hydrogen-bond acceptors (Lipinski definition) is 4. The largest absolute Gasteiger partial charge is 0.417 e. The molecule has 2 heterocycles. The van der Waals surface area contributed by atoms with Crippen molar-refractivity contribution in [3.8, 4) is 0 Å². The van der Waals surface area contributed by atoms with Crippen LogP contribution in [-0.2, 0) is 17.5 Å². The fourth-order valence-corrected chi connectivity index (χ4v) is 2.08. The fraction of sp³-hybridized carbons (Fsp3) is 0.583. The Bertz CT molecular complexity index is 431. The summed E-state index contributed by atoms with van der Waals surface area (Å²) < 4.78 is 43.0. The molecule has 19 heavy (non-hydrogen) atoms. The summed E-state index contributed by atoms with van der Waals surface area (Å²) in [7, 11) is 1.46. The monoisotopic (exact) mass is 275 g/mol. The molecule has 1 aliphatic heterocycles. The van der Waals surface area contributed by atoms with Gasteiger partial charge in [-0.2, -0.15) is 13.2 Å². The number of piperazine rings is 1. The Morgan fingerprint density at radius 1 is 1.37 bits per heavy atom. The molecule has 1 saturated heterocycles. The van der Waals surface area contributed by atoms with Gasteiger partial charge in [0.25, 0.3) is 0 Å². The first kappa shape index (κ1) is 14.1. The van der Waals surface area contributed by atoms with Crippen LogP contribution in [0.1, 0.15) is 11.1 Å². The van der Waals surface area contributed by atoms with Crippen LogP contribution in [0.3, 0.4) is 0 Å². The number of nitrogens with zero attached hydrogens (tertiary/aromatic N) is 2. The van der Waals surface area contributed by atoms with E-state index in [1.54, 1.807) is 0 Å². The van der Waals surface area contributed by atoms with Gasteiger partial charge in [0.05, 0.1) is 12.2 Å². The van der Waals surface area contributed by atoms with Crippen molar-refractivity contribution in [3.63, 3.8) is 0 Å². The molecule has 0 radical (unpaired) electrons. The number of pyridine rings is 1. The zero-order chi connectivity index (χ0) is 13.9. The molecule has 0 atom stereocenters. The van der Waals surface area contributed by atoms with E-state index in [9.17, 15) is 13.2 Å². The lowest BCUT2D eigenvalue weighted by Crippen LogP contribution is -2.44. The summed E-state index contributed by atoms with van der Waals surface area (Å²) in [6, 6.07) is 1.12. The van der Waals surface area contributed by atoms with Gasteiger partial charge in [-0.15, -0.1) is 0 Å². The van der Waals surface area contributed by atoms with Crippen LogP contribution in [-0.4, -0.2) is 38.3 Å². The normalized spacial score (nSPS) is 16.7. The molecule has 0 saturated carbocycles. The number of hydrogen-bond donors (Lipinski definition) is 1. The highest BCUT2D eigenvalue weighted by Crippen LogP contribution is 2.31. The molecule has 2 rings (SSSR count). The van der Waals surface area contributed by atoms with Crippen molar-refractivity contribution in [1.82, 2.24) is 10.3 Å². The molecule has 1 N–H and O–H groups in total. The van der Waals surface area contributed by atoms with Crippen molar-refractivity contribution < 1.29 is 17.9 Å². The standard InChI is InChI=1S/C12H16F3N3O/c1-19-8-9-6-10(12(13,14)15)7-17-11(9)18-4-2-16-3-5-18/h6-7,16H,2-5,8H2,1H3. The van der Waals surface area contributed by atoms with E-state index < -0.39 is 11.7 Å². The maximum absolute atomic E-state index is 12.7. The third-order valence-electron chi connectivity index (χ3n) is 2.99. The van der Waals surface area contributed by atoms with E-state index in [0.29, 0.717) is 11.4 Å². The number of ether oxygens (including phenoxy) is 1. The second-order valence-electron chi connectivity index (χ2n) is 4.37. The zero-order valence-corrected chi connectivity index (χ0v) is 10.6. The SMILES string of the molecule is COCc1cc(C(F)(F)F)cnc1N1CCNCC1. The van der Waals surface area contributed by atoms with Gasteiger partial charge in [0.15, 0.2) is 0 Å². The smallest absolute Gasteiger partial charge is 0.380 e. The summed E-state index contributed by atoms with van der Waals surface area (Å²) in [4.78, 5) is 5.96. The van der Waals surface area contributed by atoms with Crippen molar-refractivity contribution in [1.29, 1.82) is 0 Å². The average molecular weight is 275 g/mol. The van der Waals surface area contributed by atoms with Crippen LogP contribution >= 0.6 is 0 Å². The van der Waals surface area contributed by atoms with Gasteiger partial charge in [0.1, 0.15) is 5.82 Å². The van der Waals surface area contributed by atoms with Gasteiger partial charge < -0.3 is 15.0 Å². The molecule has 1 fully saturated rings. The lowest BCUT2D eigenvalue weighted by atomic mass is 10.1. The number of aromatic nitrogens is 1. The molecule has 1 aromatic rings. The van der Waals surface area contributed by atoms with Crippen molar-refractivity contribution in [3.05, 3.63) is 23.4 Å². The Morgan fingerprint density at radius 2 is 2.05 bits per heavy atom. The van der Waals surface area contributed by atoms with Gasteiger partial charge in [-0.1, -0.05) is 0 Å². The number of nitrogens with one attached hydrogen (secondary N) is 1. The van der Waals surface area contributed by atoms with Gasteiger partial charge in [0.2, 0.25) is 0 Å². The number of methoxy groups -OCH3 is 1. The molecule has 0 aliphatic carbocycles. The minimum Gasteiger partial charge on any atom is -0.380 e. The van der Waals surface area contributed by atoms with E-state index in [0.717, 1.165) is 38.4 Å². The molecule has 0 amide bonds. The van der Waals surface area contributed by atoms with Crippen LogP contribution in [0.25, 0.3) is 0 Å². The van der Waals surface area contributed by atoms with Gasteiger partial charge in [0, 0.05) is 45.0 Å². The molecule has 1 aliphatic rings. The Hall–Kier alpha value is -1.34. The molecule has 0 bridgehead atoms. The van der Waals surface area contributed by atoms with Gasteiger partial charge in [-0.05, 0) is 6.07 Å². The first-order valence-corrected chi connectivity index (χ1v) is 6.03. The van der Waals surface area contributed by atoms with Crippen LogP contribution in [0, 0.1) is 0 Å². The second kappa shape index (κ2) is 5.75. The maximum Gasteiger partial charge on any atom is 0.417 e. The predicted molar refractivity (Wildman–Crippen MR) is 65.0 cm³/mol. The quantitative estimate of drug-likeness (QED) is 0.910. The van der Waals surface area contributed by atoms with Crippen LogP contribution in [0.4, 0.5) is 19.0 Å². The van der Waals surface area contributed by atoms with Crippen LogP contribution in [0.5, 0.6) is 0 Å². The topological polar surface area (TPSA) is 37.4 Å². The summed E-state index contributed by atoms with van der Waals surface area (Å²) in [6.45, 7) is 3.19. The van der Waals surface area contributed by atoms with Gasteiger partial charge in [-0.3, -0.25) is 0 Å². The van der Waals surface area contributed by atoms with E-state index >= 15 is 0 Å². The number of rotatable bonds is 3. The fourth-order valence-electron chi connectivity index (χ4n) is 2.08. The van der Waals surface area contributed by atoms with E-state index in [4.69, 9.17) is 4.74 Å². The highest BCUT2D eigenvalue weighted by molar-refractivity contribution is 5.48. The van der Waals surface area contributed by atoms with Gasteiger partial charge in [-0.25, -0.2) is 4.98 Å². The molecular formula is C12H16F3N3O. The molecule has 4 nitrogen and oxygen atoms in total. The Morgan fingerprint density at radius 3 is 2.63 bits per heavy atom. The predicted octanol–water partition coefficient (Wildman–Crippen LogP) is 1.66. The Kier molecular flexibility index (Phi) is 4.26. The molecule has 7 heteroatoms. The Balaban J connectivity index is 2.31. The molecule has 0 unspecified atom stereocenters.